The summed E-state index contributed by atoms with van der Waals surface area (Å²) in [6.45, 7) is 0. The van der Waals surface area contributed by atoms with Gasteiger partial charge in [0.25, 0.3) is 0 Å². The number of carbonyl (C=O) groups excluding carboxylic acids is 1. The third kappa shape index (κ3) is 2.42. The minimum Gasteiger partial charge on any atom is -0.289 e. The Morgan fingerprint density at radius 1 is 1.11 bits per heavy atom. The van der Waals surface area contributed by atoms with Gasteiger partial charge >= 0.3 is 0 Å². The Hall–Kier alpha value is -0.910. The van der Waals surface area contributed by atoms with Gasteiger partial charge < -0.3 is 0 Å². The van der Waals surface area contributed by atoms with E-state index in [9.17, 15) is 4.79 Å². The molecule has 1 aromatic heterocycles. The fourth-order valence-corrected chi connectivity index (χ4v) is 3.60. The number of hydrogen-bond acceptors (Lipinski definition) is 2. The topological polar surface area (TPSA) is 17.1 Å². The van der Waals surface area contributed by atoms with Crippen LogP contribution in [0.15, 0.2) is 47.8 Å². The summed E-state index contributed by atoms with van der Waals surface area (Å²) < 4.78 is 1.11. The van der Waals surface area contributed by atoms with Gasteiger partial charge in [-0.25, -0.2) is 0 Å². The van der Waals surface area contributed by atoms with Gasteiger partial charge in [0, 0.05) is 26.9 Å². The highest BCUT2D eigenvalue weighted by molar-refractivity contribution is 14.1. The number of hydrogen-bond donors (Lipinski definition) is 0. The Kier molecular flexibility index (Phi) is 3.60. The fraction of sp³-hybridized carbons (Fsp3) is 0. The van der Waals surface area contributed by atoms with E-state index in [1.165, 1.54) is 0 Å². The van der Waals surface area contributed by atoms with Gasteiger partial charge in [0.2, 0.25) is 0 Å². The van der Waals surface area contributed by atoms with Crippen molar-refractivity contribution < 1.29 is 4.79 Å². The highest BCUT2D eigenvalue weighted by atomic mass is 127. The average Bonchev–Trinajstić information content (AvgIpc) is 2.86. The fourth-order valence-electron chi connectivity index (χ4n) is 2.04. The summed E-state index contributed by atoms with van der Waals surface area (Å²) in [4.78, 5) is 12.5. The molecule has 1 heterocycles. The molecule has 0 amide bonds. The van der Waals surface area contributed by atoms with Crippen LogP contribution in [0.25, 0.3) is 10.8 Å². The van der Waals surface area contributed by atoms with Crippen molar-refractivity contribution in [3.05, 3.63) is 66.9 Å². The molecular formula is C15H8ClIOS. The molecule has 4 heteroatoms. The van der Waals surface area contributed by atoms with E-state index in [1.807, 2.05) is 35.7 Å². The van der Waals surface area contributed by atoms with Crippen LogP contribution in [0.3, 0.4) is 0 Å². The maximum atomic E-state index is 12.5. The average molecular weight is 399 g/mol. The Morgan fingerprint density at radius 3 is 2.53 bits per heavy atom. The van der Waals surface area contributed by atoms with Crippen LogP contribution in [0.5, 0.6) is 0 Å². The number of carbonyl (C=O) groups is 1. The highest BCUT2D eigenvalue weighted by Gasteiger charge is 2.14. The molecule has 94 valence electrons. The first-order valence-corrected chi connectivity index (χ1v) is 7.96. The Balaban J connectivity index is 2.21. The van der Waals surface area contributed by atoms with Crippen molar-refractivity contribution in [3.8, 4) is 0 Å². The van der Waals surface area contributed by atoms with Crippen molar-refractivity contribution in [3.63, 3.8) is 0 Å². The standard InChI is InChI=1S/C15H8ClIOS/c16-13-6-5-12(10-3-1-2-4-11(10)13)15(18)9-7-14(17)19-8-9/h1-8H. The zero-order valence-corrected chi connectivity index (χ0v) is 13.4. The third-order valence-electron chi connectivity index (χ3n) is 2.95. The predicted octanol–water partition coefficient (Wildman–Crippen LogP) is 5.39. The van der Waals surface area contributed by atoms with E-state index in [0.29, 0.717) is 10.6 Å². The molecule has 19 heavy (non-hydrogen) atoms. The van der Waals surface area contributed by atoms with Gasteiger partial charge in [-0.1, -0.05) is 35.9 Å². The molecule has 3 aromatic rings. The second-order valence-corrected chi connectivity index (χ2v) is 7.32. The molecule has 0 saturated heterocycles. The van der Waals surface area contributed by atoms with Crippen molar-refractivity contribution in [1.82, 2.24) is 0 Å². The number of fused-ring (bicyclic) bond motifs is 1. The monoisotopic (exact) mass is 398 g/mol. The van der Waals surface area contributed by atoms with Crippen molar-refractivity contribution in [2.75, 3.05) is 0 Å². The first-order valence-electron chi connectivity index (χ1n) is 5.63. The molecule has 1 nitrogen and oxygen atoms in total. The summed E-state index contributed by atoms with van der Waals surface area (Å²) in [5.41, 5.74) is 1.44. The SMILES string of the molecule is O=C(c1csc(I)c1)c1ccc(Cl)c2ccccc12. The van der Waals surface area contributed by atoms with Gasteiger partial charge in [0.05, 0.1) is 2.88 Å². The van der Waals surface area contributed by atoms with E-state index in [1.54, 1.807) is 23.5 Å². The van der Waals surface area contributed by atoms with Crippen molar-refractivity contribution >= 4 is 62.1 Å². The number of ketones is 1. The van der Waals surface area contributed by atoms with E-state index in [-0.39, 0.29) is 5.78 Å². The van der Waals surface area contributed by atoms with Gasteiger partial charge in [-0.15, -0.1) is 11.3 Å². The number of benzene rings is 2. The Bertz CT molecular complexity index is 779. The maximum Gasteiger partial charge on any atom is 0.194 e. The van der Waals surface area contributed by atoms with Crippen LogP contribution in [0, 0.1) is 2.88 Å². The van der Waals surface area contributed by atoms with E-state index in [2.05, 4.69) is 22.6 Å². The van der Waals surface area contributed by atoms with Crippen molar-refractivity contribution in [2.24, 2.45) is 0 Å². The minimum atomic E-state index is 0.0482. The van der Waals surface area contributed by atoms with Gasteiger partial charge in [0.15, 0.2) is 5.78 Å². The first kappa shape index (κ1) is 13.1. The molecule has 0 spiro atoms. The lowest BCUT2D eigenvalue weighted by Gasteiger charge is -2.06. The highest BCUT2D eigenvalue weighted by Crippen LogP contribution is 2.29. The van der Waals surface area contributed by atoms with Crippen LogP contribution >= 0.6 is 45.5 Å². The molecule has 0 fully saturated rings. The molecule has 0 atom stereocenters. The van der Waals surface area contributed by atoms with E-state index < -0.39 is 0 Å². The predicted molar refractivity (Wildman–Crippen MR) is 89.4 cm³/mol. The van der Waals surface area contributed by atoms with Gasteiger partial charge in [-0.2, -0.15) is 0 Å². The smallest absolute Gasteiger partial charge is 0.194 e. The van der Waals surface area contributed by atoms with Crippen LogP contribution in [0.1, 0.15) is 15.9 Å². The first-order chi connectivity index (χ1) is 9.16. The van der Waals surface area contributed by atoms with Crippen LogP contribution < -0.4 is 0 Å². The molecule has 0 aliphatic rings. The molecule has 0 saturated carbocycles. The van der Waals surface area contributed by atoms with Crippen LogP contribution in [0.4, 0.5) is 0 Å². The number of thiophene rings is 1. The van der Waals surface area contributed by atoms with E-state index in [4.69, 9.17) is 11.6 Å². The van der Waals surface area contributed by atoms with Crippen molar-refractivity contribution in [1.29, 1.82) is 0 Å². The lowest BCUT2D eigenvalue weighted by Crippen LogP contribution is -2.00. The molecule has 2 aromatic carbocycles. The third-order valence-corrected chi connectivity index (χ3v) is 5.06. The number of halogens is 2. The van der Waals surface area contributed by atoms with E-state index in [0.717, 1.165) is 19.2 Å². The second kappa shape index (κ2) is 5.23. The van der Waals surface area contributed by atoms with Gasteiger partial charge in [-0.3, -0.25) is 4.79 Å². The van der Waals surface area contributed by atoms with Crippen molar-refractivity contribution in [2.45, 2.75) is 0 Å². The molecule has 3 rings (SSSR count). The normalized spacial score (nSPS) is 10.8. The summed E-state index contributed by atoms with van der Waals surface area (Å²) in [6, 6.07) is 13.2. The molecule has 0 radical (unpaired) electrons. The van der Waals surface area contributed by atoms with E-state index >= 15 is 0 Å². The molecule has 0 N–H and O–H groups in total. The minimum absolute atomic E-state index is 0.0482. The largest absolute Gasteiger partial charge is 0.289 e. The summed E-state index contributed by atoms with van der Waals surface area (Å²) in [5.74, 6) is 0.0482. The molecule has 0 bridgehead atoms. The van der Waals surface area contributed by atoms with Gasteiger partial charge in [-0.05, 0) is 46.2 Å². The molecule has 0 aliphatic heterocycles. The summed E-state index contributed by atoms with van der Waals surface area (Å²) in [6.07, 6.45) is 0. The van der Waals surface area contributed by atoms with Gasteiger partial charge in [0.1, 0.15) is 0 Å². The molecule has 0 aliphatic carbocycles. The second-order valence-electron chi connectivity index (χ2n) is 4.11. The maximum absolute atomic E-state index is 12.5. The van der Waals surface area contributed by atoms with Crippen LogP contribution in [0.2, 0.25) is 5.02 Å². The Morgan fingerprint density at radius 2 is 1.84 bits per heavy atom. The summed E-state index contributed by atoms with van der Waals surface area (Å²) in [7, 11) is 0. The lowest BCUT2D eigenvalue weighted by atomic mass is 9.99. The molecule has 0 unspecified atom stereocenters. The zero-order valence-electron chi connectivity index (χ0n) is 9.69. The summed E-state index contributed by atoms with van der Waals surface area (Å²) in [5, 5.41) is 4.39. The van der Waals surface area contributed by atoms with Crippen LogP contribution in [-0.4, -0.2) is 5.78 Å². The lowest BCUT2D eigenvalue weighted by molar-refractivity contribution is 0.104. The Labute approximate surface area is 133 Å². The summed E-state index contributed by atoms with van der Waals surface area (Å²) >= 11 is 9.97. The molecular weight excluding hydrogens is 391 g/mol. The number of rotatable bonds is 2. The quantitative estimate of drug-likeness (QED) is 0.418. The van der Waals surface area contributed by atoms with Crippen LogP contribution in [-0.2, 0) is 0 Å². The zero-order chi connectivity index (χ0) is 13.4.